The average Bonchev–Trinajstić information content (AvgIpc) is 2.80. The number of rotatable bonds is 6. The standard InChI is InChI=1S/C23H22N2O7/c1-5-32-16-6-7-19-17(11-16)20(26)18(12-25(19)2)21(27)24-15-9-13(22(28)30-3)8-14(10-15)23(29)31-4/h6-12H,5H2,1-4H3,(H,24,27). The van der Waals surface area contributed by atoms with Gasteiger partial charge in [-0.15, -0.1) is 0 Å². The van der Waals surface area contributed by atoms with Gasteiger partial charge in [-0.05, 0) is 43.3 Å². The molecule has 1 N–H and O–H groups in total. The molecule has 1 aromatic heterocycles. The Labute approximate surface area is 183 Å². The van der Waals surface area contributed by atoms with Gasteiger partial charge in [-0.3, -0.25) is 9.59 Å². The fourth-order valence-corrected chi connectivity index (χ4v) is 3.26. The van der Waals surface area contributed by atoms with Crippen LogP contribution in [0.4, 0.5) is 5.69 Å². The molecule has 2 aromatic carbocycles. The second-order valence-corrected chi connectivity index (χ2v) is 6.83. The van der Waals surface area contributed by atoms with Crippen LogP contribution in [0.2, 0.25) is 0 Å². The van der Waals surface area contributed by atoms with E-state index in [1.165, 1.54) is 38.6 Å². The van der Waals surface area contributed by atoms with Crippen LogP contribution < -0.4 is 15.5 Å². The molecule has 0 saturated heterocycles. The van der Waals surface area contributed by atoms with Crippen LogP contribution in [0, 0.1) is 0 Å². The van der Waals surface area contributed by atoms with E-state index in [9.17, 15) is 19.2 Å². The van der Waals surface area contributed by atoms with Crippen molar-refractivity contribution in [3.05, 3.63) is 69.5 Å². The molecule has 0 atom stereocenters. The van der Waals surface area contributed by atoms with Gasteiger partial charge in [-0.1, -0.05) is 0 Å². The predicted molar refractivity (Wildman–Crippen MR) is 117 cm³/mol. The lowest BCUT2D eigenvalue weighted by atomic mass is 10.1. The Kier molecular flexibility index (Phi) is 6.58. The molecule has 9 nitrogen and oxygen atoms in total. The summed E-state index contributed by atoms with van der Waals surface area (Å²) >= 11 is 0. The van der Waals surface area contributed by atoms with Gasteiger partial charge in [0.2, 0.25) is 5.43 Å². The topological polar surface area (TPSA) is 113 Å². The van der Waals surface area contributed by atoms with Crippen molar-refractivity contribution in [3.8, 4) is 5.75 Å². The lowest BCUT2D eigenvalue weighted by Crippen LogP contribution is -2.23. The largest absolute Gasteiger partial charge is 0.494 e. The molecule has 1 amide bonds. The number of anilines is 1. The quantitative estimate of drug-likeness (QED) is 0.589. The van der Waals surface area contributed by atoms with Crippen LogP contribution in [0.15, 0.2) is 47.4 Å². The third kappa shape index (κ3) is 4.46. The van der Waals surface area contributed by atoms with Crippen LogP contribution in [-0.2, 0) is 16.5 Å². The molecule has 1 heterocycles. The zero-order valence-electron chi connectivity index (χ0n) is 18.1. The number of hydrogen-bond acceptors (Lipinski definition) is 7. The Hall–Kier alpha value is -4.14. The van der Waals surface area contributed by atoms with Crippen molar-refractivity contribution in [2.75, 3.05) is 26.1 Å². The number of aryl methyl sites for hydroxylation is 1. The number of nitrogens with zero attached hydrogens (tertiary/aromatic N) is 1. The van der Waals surface area contributed by atoms with E-state index in [-0.39, 0.29) is 22.4 Å². The number of fused-ring (bicyclic) bond motifs is 1. The molecule has 0 radical (unpaired) electrons. The minimum absolute atomic E-state index is 0.0403. The summed E-state index contributed by atoms with van der Waals surface area (Å²) in [7, 11) is 4.10. The van der Waals surface area contributed by atoms with Crippen LogP contribution in [0.5, 0.6) is 5.75 Å². The fourth-order valence-electron chi connectivity index (χ4n) is 3.26. The molecule has 9 heteroatoms. The smallest absolute Gasteiger partial charge is 0.337 e. The lowest BCUT2D eigenvalue weighted by Gasteiger charge is -2.12. The highest BCUT2D eigenvalue weighted by Gasteiger charge is 2.18. The molecule has 0 fully saturated rings. The SMILES string of the molecule is CCOc1ccc2c(c1)c(=O)c(C(=O)Nc1cc(C(=O)OC)cc(C(=O)OC)c1)cn2C. The van der Waals surface area contributed by atoms with Crippen molar-refractivity contribution in [1.29, 1.82) is 0 Å². The summed E-state index contributed by atoms with van der Waals surface area (Å²) in [6, 6.07) is 9.05. The number of aromatic nitrogens is 1. The first kappa shape index (κ1) is 22.5. The zero-order valence-corrected chi connectivity index (χ0v) is 18.1. The summed E-state index contributed by atoms with van der Waals surface area (Å²) in [5, 5.41) is 2.89. The molecule has 0 bridgehead atoms. The second kappa shape index (κ2) is 9.34. The maximum atomic E-state index is 13.0. The maximum absolute atomic E-state index is 13.0. The van der Waals surface area contributed by atoms with Gasteiger partial charge in [0, 0.05) is 18.9 Å². The Morgan fingerprint density at radius 3 is 2.16 bits per heavy atom. The van der Waals surface area contributed by atoms with Crippen molar-refractivity contribution < 1.29 is 28.6 Å². The first-order valence-corrected chi connectivity index (χ1v) is 9.68. The highest BCUT2D eigenvalue weighted by Crippen LogP contribution is 2.20. The third-order valence-corrected chi connectivity index (χ3v) is 4.75. The van der Waals surface area contributed by atoms with Gasteiger partial charge in [0.05, 0.1) is 42.9 Å². The number of hydrogen-bond donors (Lipinski definition) is 1. The minimum Gasteiger partial charge on any atom is -0.494 e. The first-order valence-electron chi connectivity index (χ1n) is 9.68. The maximum Gasteiger partial charge on any atom is 0.337 e. The number of esters is 2. The highest BCUT2D eigenvalue weighted by atomic mass is 16.5. The molecule has 0 unspecified atom stereocenters. The van der Waals surface area contributed by atoms with E-state index in [0.29, 0.717) is 23.3 Å². The van der Waals surface area contributed by atoms with Gasteiger partial charge in [-0.2, -0.15) is 0 Å². The molecular weight excluding hydrogens is 416 g/mol. The third-order valence-electron chi connectivity index (χ3n) is 4.75. The van der Waals surface area contributed by atoms with Crippen LogP contribution in [0.3, 0.4) is 0 Å². The molecule has 0 spiro atoms. The number of nitrogens with one attached hydrogen (secondary N) is 1. The Bertz CT molecular complexity index is 1240. The molecule has 0 aliphatic heterocycles. The van der Waals surface area contributed by atoms with E-state index >= 15 is 0 Å². The van der Waals surface area contributed by atoms with Gasteiger partial charge in [0.25, 0.3) is 5.91 Å². The molecule has 3 rings (SSSR count). The van der Waals surface area contributed by atoms with Gasteiger partial charge in [0.1, 0.15) is 11.3 Å². The van der Waals surface area contributed by atoms with Gasteiger partial charge in [0.15, 0.2) is 0 Å². The van der Waals surface area contributed by atoms with Crippen molar-refractivity contribution in [1.82, 2.24) is 4.57 Å². The number of methoxy groups -OCH3 is 2. The van der Waals surface area contributed by atoms with Crippen molar-refractivity contribution in [2.45, 2.75) is 6.92 Å². The predicted octanol–water partition coefficient (Wildman–Crippen LogP) is 2.76. The summed E-state index contributed by atoms with van der Waals surface area (Å²) < 4.78 is 16.5. The average molecular weight is 438 g/mol. The summed E-state index contributed by atoms with van der Waals surface area (Å²) in [6.45, 7) is 2.27. The van der Waals surface area contributed by atoms with E-state index in [2.05, 4.69) is 5.32 Å². The van der Waals surface area contributed by atoms with Gasteiger partial charge < -0.3 is 24.1 Å². The fraction of sp³-hybridized carbons (Fsp3) is 0.217. The Morgan fingerprint density at radius 2 is 1.59 bits per heavy atom. The number of benzene rings is 2. The first-order chi connectivity index (χ1) is 15.3. The van der Waals surface area contributed by atoms with Crippen LogP contribution >= 0.6 is 0 Å². The van der Waals surface area contributed by atoms with Crippen LogP contribution in [0.1, 0.15) is 38.0 Å². The number of ether oxygens (including phenoxy) is 3. The van der Waals surface area contributed by atoms with E-state index in [1.807, 2.05) is 6.92 Å². The second-order valence-electron chi connectivity index (χ2n) is 6.83. The van der Waals surface area contributed by atoms with Crippen LogP contribution in [0.25, 0.3) is 10.9 Å². The van der Waals surface area contributed by atoms with Crippen molar-refractivity contribution in [3.63, 3.8) is 0 Å². The van der Waals surface area contributed by atoms with Crippen LogP contribution in [-0.4, -0.2) is 43.2 Å². The number of carbonyl (C=O) groups excluding carboxylic acids is 3. The number of pyridine rings is 1. The molecule has 0 aliphatic rings. The Balaban J connectivity index is 2.04. The molecule has 0 saturated carbocycles. The zero-order chi connectivity index (χ0) is 23.4. The molecule has 166 valence electrons. The van der Waals surface area contributed by atoms with Crippen molar-refractivity contribution in [2.24, 2.45) is 7.05 Å². The molecule has 32 heavy (non-hydrogen) atoms. The van der Waals surface area contributed by atoms with Gasteiger partial charge >= 0.3 is 11.9 Å². The minimum atomic E-state index is -0.702. The van der Waals surface area contributed by atoms with E-state index in [0.717, 1.165) is 0 Å². The summed E-state index contributed by atoms with van der Waals surface area (Å²) in [5.41, 5.74) is 0.252. The van der Waals surface area contributed by atoms with Crippen molar-refractivity contribution >= 4 is 34.4 Å². The summed E-state index contributed by atoms with van der Waals surface area (Å²) in [6.07, 6.45) is 1.42. The van der Waals surface area contributed by atoms with Gasteiger partial charge in [-0.25, -0.2) is 9.59 Å². The van der Waals surface area contributed by atoms with E-state index < -0.39 is 23.3 Å². The van der Waals surface area contributed by atoms with E-state index in [4.69, 9.17) is 14.2 Å². The molecule has 3 aromatic rings. The number of amides is 1. The monoisotopic (exact) mass is 438 g/mol. The van der Waals surface area contributed by atoms with E-state index in [1.54, 1.807) is 29.8 Å². The molecule has 0 aliphatic carbocycles. The summed E-state index contributed by atoms with van der Waals surface area (Å²) in [5.74, 6) is -1.58. The Morgan fingerprint density at radius 1 is 0.969 bits per heavy atom. The number of carbonyl (C=O) groups is 3. The lowest BCUT2D eigenvalue weighted by molar-refractivity contribution is 0.0599. The summed E-state index contributed by atoms with van der Waals surface area (Å²) in [4.78, 5) is 49.9. The normalized spacial score (nSPS) is 10.5. The highest BCUT2D eigenvalue weighted by molar-refractivity contribution is 6.07. The molecular formula is C23H22N2O7.